The maximum absolute atomic E-state index is 12.5. The molecule has 0 saturated heterocycles. The largest absolute Gasteiger partial charge is 0.406 e. The molecule has 11 heteroatoms. The van der Waals surface area contributed by atoms with Crippen LogP contribution in [0.1, 0.15) is 18.7 Å². The van der Waals surface area contributed by atoms with E-state index in [-0.39, 0.29) is 11.5 Å². The number of rotatable bonds is 4. The van der Waals surface area contributed by atoms with Gasteiger partial charge in [0, 0.05) is 0 Å². The van der Waals surface area contributed by atoms with Crippen LogP contribution in [0.25, 0.3) is 0 Å². The zero-order valence-corrected chi connectivity index (χ0v) is 10.5. The first-order valence-electron chi connectivity index (χ1n) is 5.96. The Morgan fingerprint density at radius 3 is 2.67 bits per heavy atom. The first kappa shape index (κ1) is 13.5. The normalized spacial score (nSPS) is 16.9. The number of nitrogens with zero attached hydrogens (tertiary/aromatic N) is 6. The molecule has 1 aliphatic rings. The van der Waals surface area contributed by atoms with Gasteiger partial charge in [-0.15, -0.1) is 10.2 Å². The SMILES string of the molecule is O=[N+]([O-])c1cnn(C2(c3nncn3CC(F)(F)F)CC2)c1. The van der Waals surface area contributed by atoms with Gasteiger partial charge in [0.2, 0.25) is 0 Å². The van der Waals surface area contributed by atoms with Crippen LogP contribution in [0, 0.1) is 10.1 Å². The molecule has 3 rings (SSSR count). The van der Waals surface area contributed by atoms with Crippen LogP contribution >= 0.6 is 0 Å². The molecule has 0 radical (unpaired) electrons. The van der Waals surface area contributed by atoms with Crippen molar-refractivity contribution in [2.24, 2.45) is 0 Å². The fourth-order valence-corrected chi connectivity index (χ4v) is 2.24. The van der Waals surface area contributed by atoms with Crippen LogP contribution in [-0.2, 0) is 12.1 Å². The summed E-state index contributed by atoms with van der Waals surface area (Å²) in [4.78, 5) is 10.1. The Morgan fingerprint density at radius 2 is 2.14 bits per heavy atom. The van der Waals surface area contributed by atoms with Crippen molar-refractivity contribution in [3.8, 4) is 0 Å². The van der Waals surface area contributed by atoms with Crippen molar-refractivity contribution in [2.75, 3.05) is 0 Å². The molecule has 112 valence electrons. The Bertz CT molecular complexity index is 687. The predicted molar refractivity (Wildman–Crippen MR) is 61.3 cm³/mol. The third-order valence-electron chi connectivity index (χ3n) is 3.32. The second-order valence-corrected chi connectivity index (χ2v) is 4.83. The van der Waals surface area contributed by atoms with E-state index < -0.39 is 23.2 Å². The van der Waals surface area contributed by atoms with Crippen LogP contribution in [0.5, 0.6) is 0 Å². The molecule has 0 amide bonds. The molecular formula is C10H9F3N6O2. The van der Waals surface area contributed by atoms with Crippen LogP contribution in [0.4, 0.5) is 18.9 Å². The van der Waals surface area contributed by atoms with Gasteiger partial charge in [-0.2, -0.15) is 18.3 Å². The molecule has 8 nitrogen and oxygen atoms in total. The van der Waals surface area contributed by atoms with E-state index in [1.54, 1.807) is 0 Å². The lowest BCUT2D eigenvalue weighted by molar-refractivity contribution is -0.385. The van der Waals surface area contributed by atoms with Gasteiger partial charge in [-0.25, -0.2) is 0 Å². The Kier molecular flexibility index (Phi) is 2.75. The molecule has 2 aromatic heterocycles. The molecule has 2 aromatic rings. The van der Waals surface area contributed by atoms with Gasteiger partial charge in [0.05, 0.1) is 4.92 Å². The maximum atomic E-state index is 12.5. The summed E-state index contributed by atoms with van der Waals surface area (Å²) in [7, 11) is 0. The summed E-state index contributed by atoms with van der Waals surface area (Å²) < 4.78 is 39.8. The van der Waals surface area contributed by atoms with Gasteiger partial charge < -0.3 is 4.57 Å². The average molecular weight is 302 g/mol. The highest BCUT2D eigenvalue weighted by Crippen LogP contribution is 2.48. The molecule has 0 bridgehead atoms. The Hall–Kier alpha value is -2.46. The second-order valence-electron chi connectivity index (χ2n) is 4.83. The number of hydrogen-bond acceptors (Lipinski definition) is 5. The van der Waals surface area contributed by atoms with Gasteiger partial charge >= 0.3 is 11.9 Å². The van der Waals surface area contributed by atoms with Gasteiger partial charge in [-0.1, -0.05) is 0 Å². The molecule has 0 aromatic carbocycles. The third kappa shape index (κ3) is 2.34. The van der Waals surface area contributed by atoms with Crippen LogP contribution in [0.3, 0.4) is 0 Å². The van der Waals surface area contributed by atoms with Gasteiger partial charge in [0.1, 0.15) is 30.8 Å². The summed E-state index contributed by atoms with van der Waals surface area (Å²) >= 11 is 0. The van der Waals surface area contributed by atoms with Crippen molar-refractivity contribution in [1.29, 1.82) is 0 Å². The molecule has 2 heterocycles. The number of alkyl halides is 3. The lowest BCUT2D eigenvalue weighted by Crippen LogP contribution is -2.27. The smallest absolute Gasteiger partial charge is 0.306 e. The molecular weight excluding hydrogens is 293 g/mol. The highest BCUT2D eigenvalue weighted by molar-refractivity contribution is 5.26. The van der Waals surface area contributed by atoms with Crippen molar-refractivity contribution in [2.45, 2.75) is 31.1 Å². The predicted octanol–water partition coefficient (Wildman–Crippen LogP) is 1.48. The van der Waals surface area contributed by atoms with E-state index in [4.69, 9.17) is 0 Å². The minimum Gasteiger partial charge on any atom is -0.306 e. The Morgan fingerprint density at radius 1 is 1.43 bits per heavy atom. The molecule has 0 aliphatic heterocycles. The summed E-state index contributed by atoms with van der Waals surface area (Å²) in [6, 6.07) is 0. The second kappa shape index (κ2) is 4.27. The fourth-order valence-electron chi connectivity index (χ4n) is 2.24. The van der Waals surface area contributed by atoms with Crippen LogP contribution in [0.2, 0.25) is 0 Å². The zero-order valence-electron chi connectivity index (χ0n) is 10.5. The molecule has 1 fully saturated rings. The number of hydrogen-bond donors (Lipinski definition) is 0. The minimum absolute atomic E-state index is 0.109. The molecule has 21 heavy (non-hydrogen) atoms. The Balaban J connectivity index is 1.96. The third-order valence-corrected chi connectivity index (χ3v) is 3.32. The molecule has 0 unspecified atom stereocenters. The van der Waals surface area contributed by atoms with Crippen molar-refractivity contribution in [3.05, 3.63) is 34.7 Å². The zero-order chi connectivity index (χ0) is 15.3. The lowest BCUT2D eigenvalue weighted by Gasteiger charge is -2.17. The first-order valence-corrected chi connectivity index (χ1v) is 5.96. The molecule has 0 spiro atoms. The van der Waals surface area contributed by atoms with Gasteiger partial charge in [0.15, 0.2) is 5.82 Å². The summed E-state index contributed by atoms with van der Waals surface area (Å²) in [5, 5.41) is 21.8. The Labute approximate surface area is 115 Å². The summed E-state index contributed by atoms with van der Waals surface area (Å²) in [6.07, 6.45) is -0.140. The van der Waals surface area contributed by atoms with Crippen molar-refractivity contribution in [3.63, 3.8) is 0 Å². The van der Waals surface area contributed by atoms with E-state index in [2.05, 4.69) is 15.3 Å². The summed E-state index contributed by atoms with van der Waals surface area (Å²) in [5.74, 6) is 0.109. The van der Waals surface area contributed by atoms with Gasteiger partial charge in [-0.3, -0.25) is 14.8 Å². The van der Waals surface area contributed by atoms with E-state index in [0.29, 0.717) is 12.8 Å². The quantitative estimate of drug-likeness (QED) is 0.630. The van der Waals surface area contributed by atoms with Gasteiger partial charge in [-0.05, 0) is 12.8 Å². The summed E-state index contributed by atoms with van der Waals surface area (Å²) in [5.41, 5.74) is -1.10. The van der Waals surface area contributed by atoms with E-state index in [9.17, 15) is 23.3 Å². The van der Waals surface area contributed by atoms with Crippen molar-refractivity contribution >= 4 is 5.69 Å². The maximum Gasteiger partial charge on any atom is 0.406 e. The lowest BCUT2D eigenvalue weighted by atomic mass is 10.2. The molecule has 1 saturated carbocycles. The topological polar surface area (TPSA) is 91.7 Å². The fraction of sp³-hybridized carbons (Fsp3) is 0.500. The van der Waals surface area contributed by atoms with E-state index in [0.717, 1.165) is 17.1 Å². The van der Waals surface area contributed by atoms with Gasteiger partial charge in [0.25, 0.3) is 0 Å². The first-order chi connectivity index (χ1) is 9.82. The number of aromatic nitrogens is 5. The average Bonchev–Trinajstić information content (AvgIpc) is 2.85. The van der Waals surface area contributed by atoms with Crippen LogP contribution in [0.15, 0.2) is 18.7 Å². The van der Waals surface area contributed by atoms with Crippen molar-refractivity contribution in [1.82, 2.24) is 24.5 Å². The van der Waals surface area contributed by atoms with Crippen LogP contribution < -0.4 is 0 Å². The minimum atomic E-state index is -4.40. The highest BCUT2D eigenvalue weighted by Gasteiger charge is 2.52. The van der Waals surface area contributed by atoms with E-state index in [1.165, 1.54) is 10.9 Å². The number of nitro groups is 1. The van der Waals surface area contributed by atoms with Crippen molar-refractivity contribution < 1.29 is 18.1 Å². The van der Waals surface area contributed by atoms with E-state index in [1.807, 2.05) is 0 Å². The molecule has 0 atom stereocenters. The van der Waals surface area contributed by atoms with Crippen LogP contribution in [-0.4, -0.2) is 35.6 Å². The molecule has 0 N–H and O–H groups in total. The highest BCUT2D eigenvalue weighted by atomic mass is 19.4. The number of halogens is 3. The standard InChI is InChI=1S/C10H9F3N6O2/c11-10(12,13)5-17-6-14-16-8(17)9(1-2-9)18-4-7(3-15-18)19(20)21/h3-4,6H,1-2,5H2. The van der Waals surface area contributed by atoms with E-state index >= 15 is 0 Å². The summed E-state index contributed by atoms with van der Waals surface area (Å²) in [6.45, 7) is -1.21. The monoisotopic (exact) mass is 302 g/mol. The molecule has 1 aliphatic carbocycles.